The van der Waals surface area contributed by atoms with Gasteiger partial charge in [0.2, 0.25) is 0 Å². The Hall–Kier alpha value is -4.21. The van der Waals surface area contributed by atoms with Crippen LogP contribution in [0.1, 0.15) is 34.5 Å². The van der Waals surface area contributed by atoms with E-state index in [4.69, 9.17) is 0 Å². The normalized spacial score (nSPS) is 13.0. The average Bonchev–Trinajstić information content (AvgIpc) is 3.41. The fourth-order valence-electron chi connectivity index (χ4n) is 3.72. The largest absolute Gasteiger partial charge is 0.317 e. The molecule has 0 atom stereocenters. The van der Waals surface area contributed by atoms with Crippen molar-refractivity contribution in [3.8, 4) is 17.8 Å². The molecule has 1 aliphatic carbocycles. The number of nitriles is 2. The second kappa shape index (κ2) is 8.88. The van der Waals surface area contributed by atoms with E-state index in [9.17, 15) is 25.4 Å². The van der Waals surface area contributed by atoms with E-state index >= 15 is 0 Å². The molecular weight excluding hydrogens is 426 g/mol. The monoisotopic (exact) mass is 443 g/mol. The minimum absolute atomic E-state index is 0.0259. The summed E-state index contributed by atoms with van der Waals surface area (Å²) in [4.78, 5) is 24.4. The first kappa shape index (κ1) is 21.0. The number of fused-ring (bicyclic) bond motifs is 1. The zero-order valence-electron chi connectivity index (χ0n) is 16.9. The van der Waals surface area contributed by atoms with E-state index in [0.29, 0.717) is 21.9 Å². The minimum atomic E-state index is -0.584. The molecule has 32 heavy (non-hydrogen) atoms. The summed E-state index contributed by atoms with van der Waals surface area (Å²) in [7, 11) is 0. The Bertz CT molecular complexity index is 1320. The van der Waals surface area contributed by atoms with Gasteiger partial charge in [-0.25, -0.2) is 0 Å². The SMILES string of the molecule is N#C/C(=C\c1cccn1-c1ccc([N+](=O)[O-])cc1)C(=O)Nc1sc2c(c1C#N)CCCC2. The van der Waals surface area contributed by atoms with Crippen molar-refractivity contribution in [1.29, 1.82) is 10.5 Å². The summed E-state index contributed by atoms with van der Waals surface area (Å²) in [6.45, 7) is 0. The van der Waals surface area contributed by atoms with Crippen molar-refractivity contribution in [3.05, 3.63) is 80.0 Å². The summed E-state index contributed by atoms with van der Waals surface area (Å²) in [5.41, 5.74) is 2.58. The molecule has 0 unspecified atom stereocenters. The Morgan fingerprint density at radius 2 is 1.94 bits per heavy atom. The van der Waals surface area contributed by atoms with Gasteiger partial charge in [0.15, 0.2) is 0 Å². The highest BCUT2D eigenvalue weighted by Crippen LogP contribution is 2.37. The van der Waals surface area contributed by atoms with E-state index in [-0.39, 0.29) is 11.3 Å². The summed E-state index contributed by atoms with van der Waals surface area (Å²) >= 11 is 1.40. The van der Waals surface area contributed by atoms with Gasteiger partial charge < -0.3 is 9.88 Å². The van der Waals surface area contributed by atoms with Gasteiger partial charge in [-0.15, -0.1) is 11.3 Å². The van der Waals surface area contributed by atoms with E-state index in [2.05, 4.69) is 11.4 Å². The number of aromatic nitrogens is 1. The zero-order chi connectivity index (χ0) is 22.7. The molecule has 9 heteroatoms. The Morgan fingerprint density at radius 3 is 2.62 bits per heavy atom. The Morgan fingerprint density at radius 1 is 1.19 bits per heavy atom. The first-order valence-electron chi connectivity index (χ1n) is 9.91. The number of thiophene rings is 1. The van der Waals surface area contributed by atoms with Crippen LogP contribution in [0.2, 0.25) is 0 Å². The van der Waals surface area contributed by atoms with Crippen molar-refractivity contribution >= 4 is 34.0 Å². The molecule has 1 aliphatic rings. The van der Waals surface area contributed by atoms with Gasteiger partial charge in [-0.05, 0) is 61.6 Å². The first-order valence-corrected chi connectivity index (χ1v) is 10.7. The highest BCUT2D eigenvalue weighted by molar-refractivity contribution is 7.16. The van der Waals surface area contributed by atoms with Crippen LogP contribution in [0.4, 0.5) is 10.7 Å². The van der Waals surface area contributed by atoms with E-state index in [1.807, 2.05) is 6.07 Å². The number of rotatable bonds is 5. The molecule has 2 heterocycles. The first-order chi connectivity index (χ1) is 15.5. The lowest BCUT2D eigenvalue weighted by Crippen LogP contribution is -2.13. The summed E-state index contributed by atoms with van der Waals surface area (Å²) < 4.78 is 1.72. The third-order valence-corrected chi connectivity index (χ3v) is 6.49. The molecule has 158 valence electrons. The number of nitro benzene ring substituents is 1. The van der Waals surface area contributed by atoms with Crippen LogP contribution in [0.25, 0.3) is 11.8 Å². The molecule has 0 saturated heterocycles. The number of nitrogens with one attached hydrogen (secondary N) is 1. The average molecular weight is 443 g/mol. The van der Waals surface area contributed by atoms with Gasteiger partial charge in [-0.3, -0.25) is 14.9 Å². The van der Waals surface area contributed by atoms with Crippen LogP contribution < -0.4 is 5.32 Å². The van der Waals surface area contributed by atoms with Crippen molar-refractivity contribution in [2.75, 3.05) is 5.32 Å². The molecule has 0 radical (unpaired) electrons. The zero-order valence-corrected chi connectivity index (χ0v) is 17.7. The molecule has 1 aromatic carbocycles. The molecule has 1 N–H and O–H groups in total. The molecule has 0 saturated carbocycles. The van der Waals surface area contributed by atoms with Crippen molar-refractivity contribution in [1.82, 2.24) is 4.57 Å². The smallest absolute Gasteiger partial charge is 0.269 e. The van der Waals surface area contributed by atoms with Crippen molar-refractivity contribution in [2.24, 2.45) is 0 Å². The lowest BCUT2D eigenvalue weighted by molar-refractivity contribution is -0.384. The van der Waals surface area contributed by atoms with Gasteiger partial charge in [0.05, 0.1) is 10.5 Å². The maximum atomic E-state index is 12.8. The van der Waals surface area contributed by atoms with Gasteiger partial charge in [0, 0.05) is 34.6 Å². The molecule has 0 spiro atoms. The molecular formula is C23H17N5O3S. The number of aryl methyl sites for hydroxylation is 1. The van der Waals surface area contributed by atoms with E-state index in [1.54, 1.807) is 35.0 Å². The molecule has 0 aliphatic heterocycles. The second-order valence-corrected chi connectivity index (χ2v) is 8.33. The van der Waals surface area contributed by atoms with Crippen LogP contribution in [-0.2, 0) is 17.6 Å². The molecule has 3 aromatic rings. The second-order valence-electron chi connectivity index (χ2n) is 7.23. The number of benzene rings is 1. The Labute approximate surface area is 187 Å². The lowest BCUT2D eigenvalue weighted by atomic mass is 9.96. The molecule has 0 bridgehead atoms. The third kappa shape index (κ3) is 4.02. The van der Waals surface area contributed by atoms with Gasteiger partial charge >= 0.3 is 0 Å². The van der Waals surface area contributed by atoms with E-state index < -0.39 is 10.8 Å². The van der Waals surface area contributed by atoms with Crippen LogP contribution in [-0.4, -0.2) is 15.4 Å². The van der Waals surface area contributed by atoms with Gasteiger partial charge in [0.1, 0.15) is 22.7 Å². The molecule has 2 aromatic heterocycles. The number of nitro groups is 1. The fraction of sp³-hybridized carbons (Fsp3) is 0.174. The van der Waals surface area contributed by atoms with Crippen LogP contribution in [0.5, 0.6) is 0 Å². The number of hydrogen-bond donors (Lipinski definition) is 1. The third-order valence-electron chi connectivity index (χ3n) is 5.29. The van der Waals surface area contributed by atoms with E-state index in [0.717, 1.165) is 36.1 Å². The Kier molecular flexibility index (Phi) is 5.84. The quantitative estimate of drug-likeness (QED) is 0.264. The number of hydrogen-bond acceptors (Lipinski definition) is 6. The lowest BCUT2D eigenvalue weighted by Gasteiger charge is -2.09. The molecule has 8 nitrogen and oxygen atoms in total. The maximum Gasteiger partial charge on any atom is 0.269 e. The number of non-ortho nitro benzene ring substituents is 1. The number of nitrogens with zero attached hydrogens (tertiary/aromatic N) is 4. The number of carbonyl (C=O) groups excluding carboxylic acids is 1. The number of amides is 1. The van der Waals surface area contributed by atoms with Crippen LogP contribution in [0, 0.1) is 32.8 Å². The summed E-state index contributed by atoms with van der Waals surface area (Å²) in [6, 6.07) is 13.6. The highest BCUT2D eigenvalue weighted by atomic mass is 32.1. The maximum absolute atomic E-state index is 12.8. The highest BCUT2D eigenvalue weighted by Gasteiger charge is 2.23. The number of carbonyl (C=O) groups is 1. The van der Waals surface area contributed by atoms with Crippen molar-refractivity contribution < 1.29 is 9.72 Å². The van der Waals surface area contributed by atoms with Crippen LogP contribution in [0.15, 0.2) is 48.2 Å². The van der Waals surface area contributed by atoms with Crippen molar-refractivity contribution in [2.45, 2.75) is 25.7 Å². The molecule has 1 amide bonds. The van der Waals surface area contributed by atoms with E-state index in [1.165, 1.54) is 29.5 Å². The fourth-order valence-corrected chi connectivity index (χ4v) is 4.96. The number of anilines is 1. The summed E-state index contributed by atoms with van der Waals surface area (Å²) in [5, 5.41) is 33.3. The van der Waals surface area contributed by atoms with Gasteiger partial charge in [0.25, 0.3) is 11.6 Å². The minimum Gasteiger partial charge on any atom is -0.317 e. The van der Waals surface area contributed by atoms with Gasteiger partial charge in [-0.1, -0.05) is 0 Å². The predicted octanol–water partition coefficient (Wildman–Crippen LogP) is 4.74. The van der Waals surface area contributed by atoms with Crippen LogP contribution in [0.3, 0.4) is 0 Å². The van der Waals surface area contributed by atoms with Gasteiger partial charge in [-0.2, -0.15) is 10.5 Å². The van der Waals surface area contributed by atoms with Crippen molar-refractivity contribution in [3.63, 3.8) is 0 Å². The summed E-state index contributed by atoms with van der Waals surface area (Å²) in [5.74, 6) is -0.584. The molecule has 0 fully saturated rings. The predicted molar refractivity (Wildman–Crippen MR) is 120 cm³/mol. The Balaban J connectivity index is 1.61. The molecule has 4 rings (SSSR count). The summed E-state index contributed by atoms with van der Waals surface area (Å²) in [6.07, 6.45) is 7.00. The standard InChI is InChI=1S/C23H17N5O3S/c24-13-15(22(29)26-23-20(14-25)19-5-1-2-6-21(19)32-23)12-18-4-3-11-27(18)16-7-9-17(10-8-16)28(30)31/h3-4,7-12H,1-2,5-6H2,(H,26,29)/b15-12+. The van der Waals surface area contributed by atoms with Crippen LogP contribution >= 0.6 is 11.3 Å². The topological polar surface area (TPSA) is 125 Å².